The predicted octanol–water partition coefficient (Wildman–Crippen LogP) is 3.58. The number of aryl methyl sites for hydroxylation is 1. The number of nitrogens with one attached hydrogen (secondary N) is 1. The molecule has 1 atom stereocenters. The highest BCUT2D eigenvalue weighted by atomic mass is 32.1. The summed E-state index contributed by atoms with van der Waals surface area (Å²) in [4.78, 5) is 39.2. The number of halogens is 1. The van der Waals surface area contributed by atoms with Gasteiger partial charge in [-0.2, -0.15) is 4.37 Å². The lowest BCUT2D eigenvalue weighted by Gasteiger charge is -2.28. The molecular weight excluding hydrogens is 447 g/mol. The van der Waals surface area contributed by atoms with Crippen LogP contribution in [0.2, 0.25) is 0 Å². The normalized spacial score (nSPS) is 20.1. The molecule has 0 spiro atoms. The van der Waals surface area contributed by atoms with Crippen LogP contribution in [-0.4, -0.2) is 54.4 Å². The van der Waals surface area contributed by atoms with E-state index in [1.165, 1.54) is 30.1 Å². The minimum absolute atomic E-state index is 0.0146. The molecule has 0 bridgehead atoms. The van der Waals surface area contributed by atoms with E-state index in [9.17, 15) is 19.1 Å². The summed E-state index contributed by atoms with van der Waals surface area (Å²) in [7, 11) is 0. The van der Waals surface area contributed by atoms with E-state index in [-0.39, 0.29) is 29.7 Å². The van der Waals surface area contributed by atoms with E-state index >= 15 is 0 Å². The van der Waals surface area contributed by atoms with Gasteiger partial charge in [0.15, 0.2) is 5.82 Å². The van der Waals surface area contributed by atoms with Crippen LogP contribution in [0.5, 0.6) is 0 Å². The Morgan fingerprint density at radius 2 is 2.12 bits per heavy atom. The van der Waals surface area contributed by atoms with Crippen molar-refractivity contribution in [3.8, 4) is 0 Å². The zero-order valence-electron chi connectivity index (χ0n) is 17.8. The van der Waals surface area contributed by atoms with Crippen LogP contribution in [0.25, 0.3) is 0 Å². The number of nitrogens with zero attached hydrogens (tertiary/aromatic N) is 5. The molecular formula is C22H21FN6O3S. The number of carboxylic acids is 1. The van der Waals surface area contributed by atoms with Crippen molar-refractivity contribution in [2.45, 2.75) is 37.5 Å². The number of hydrogen-bond acceptors (Lipinski definition) is 7. The van der Waals surface area contributed by atoms with Gasteiger partial charge in [0, 0.05) is 25.2 Å². The SMILES string of the molecule is Cc1ccc([C@]2(c3ncns3)CCN(C(=O)Nc3nc(C4CC4)ncc3C(=O)O)C2)cc1F. The number of aromatic nitrogens is 4. The highest BCUT2D eigenvalue weighted by Crippen LogP contribution is 2.42. The summed E-state index contributed by atoms with van der Waals surface area (Å²) >= 11 is 1.22. The molecule has 2 aliphatic rings. The predicted molar refractivity (Wildman–Crippen MR) is 118 cm³/mol. The van der Waals surface area contributed by atoms with Gasteiger partial charge in [-0.15, -0.1) is 0 Å². The number of likely N-dealkylation sites (tertiary alicyclic amines) is 1. The van der Waals surface area contributed by atoms with E-state index in [2.05, 4.69) is 24.6 Å². The molecule has 33 heavy (non-hydrogen) atoms. The lowest BCUT2D eigenvalue weighted by Crippen LogP contribution is -2.38. The monoisotopic (exact) mass is 468 g/mol. The minimum Gasteiger partial charge on any atom is -0.477 e. The van der Waals surface area contributed by atoms with Crippen molar-refractivity contribution in [2.75, 3.05) is 18.4 Å². The van der Waals surface area contributed by atoms with Gasteiger partial charge in [0.2, 0.25) is 0 Å². The highest BCUT2D eigenvalue weighted by molar-refractivity contribution is 7.05. The molecule has 1 saturated heterocycles. The third kappa shape index (κ3) is 3.92. The number of carbonyl (C=O) groups excluding carboxylic acids is 1. The third-order valence-corrected chi connectivity index (χ3v) is 7.13. The summed E-state index contributed by atoms with van der Waals surface area (Å²) in [5.74, 6) is -0.808. The van der Waals surface area contributed by atoms with Crippen molar-refractivity contribution in [3.63, 3.8) is 0 Å². The number of aromatic carboxylic acids is 1. The fourth-order valence-electron chi connectivity index (χ4n) is 4.16. The molecule has 1 aliphatic heterocycles. The molecule has 0 radical (unpaired) electrons. The molecule has 2 fully saturated rings. The Morgan fingerprint density at radius 3 is 2.79 bits per heavy atom. The maximum atomic E-state index is 14.4. The van der Waals surface area contributed by atoms with E-state index in [1.807, 2.05) is 6.07 Å². The van der Waals surface area contributed by atoms with Crippen LogP contribution < -0.4 is 5.32 Å². The van der Waals surface area contributed by atoms with Crippen LogP contribution in [-0.2, 0) is 5.41 Å². The van der Waals surface area contributed by atoms with Crippen molar-refractivity contribution >= 4 is 29.4 Å². The lowest BCUT2D eigenvalue weighted by atomic mass is 9.80. The van der Waals surface area contributed by atoms with Gasteiger partial charge in [0.1, 0.15) is 28.5 Å². The maximum Gasteiger partial charge on any atom is 0.341 e. The topological polar surface area (TPSA) is 121 Å². The Bertz CT molecular complexity index is 1230. The Morgan fingerprint density at radius 1 is 1.30 bits per heavy atom. The molecule has 2 aromatic heterocycles. The van der Waals surface area contributed by atoms with Gasteiger partial charge in [0.25, 0.3) is 0 Å². The summed E-state index contributed by atoms with van der Waals surface area (Å²) in [5.41, 5.74) is 0.396. The van der Waals surface area contributed by atoms with Crippen LogP contribution in [0, 0.1) is 12.7 Å². The van der Waals surface area contributed by atoms with Gasteiger partial charge in [-0.3, -0.25) is 5.32 Å². The van der Waals surface area contributed by atoms with Crippen molar-refractivity contribution in [1.82, 2.24) is 24.2 Å². The zero-order chi connectivity index (χ0) is 23.2. The Kier molecular flexibility index (Phi) is 5.28. The van der Waals surface area contributed by atoms with Gasteiger partial charge < -0.3 is 10.0 Å². The number of hydrogen-bond donors (Lipinski definition) is 2. The number of anilines is 1. The van der Waals surface area contributed by atoms with E-state index in [4.69, 9.17) is 0 Å². The average Bonchev–Trinajstić information content (AvgIpc) is 3.30. The van der Waals surface area contributed by atoms with Crippen molar-refractivity contribution in [2.24, 2.45) is 0 Å². The summed E-state index contributed by atoms with van der Waals surface area (Å²) in [6.07, 6.45) is 5.12. The molecule has 9 nitrogen and oxygen atoms in total. The van der Waals surface area contributed by atoms with Crippen LogP contribution in [0.4, 0.5) is 15.0 Å². The number of carbonyl (C=O) groups is 2. The average molecular weight is 469 g/mol. The zero-order valence-corrected chi connectivity index (χ0v) is 18.6. The van der Waals surface area contributed by atoms with E-state index in [0.29, 0.717) is 29.4 Å². The first-order valence-corrected chi connectivity index (χ1v) is 11.3. The first kappa shape index (κ1) is 21.4. The van der Waals surface area contributed by atoms with Gasteiger partial charge >= 0.3 is 12.0 Å². The van der Waals surface area contributed by atoms with Crippen molar-refractivity contribution in [3.05, 3.63) is 64.1 Å². The fourth-order valence-corrected chi connectivity index (χ4v) is 4.90. The molecule has 2 N–H and O–H groups in total. The third-order valence-electron chi connectivity index (χ3n) is 6.26. The largest absolute Gasteiger partial charge is 0.477 e. The number of urea groups is 1. The standard InChI is InChI=1S/C22H21FN6O3S/c1-12-2-5-14(8-16(12)23)22(20-25-11-26-33-20)6-7-29(10-22)21(32)28-18-15(19(30)31)9-24-17(27-18)13-3-4-13/h2,5,8-9,11,13H,3-4,6-7,10H2,1H3,(H,30,31)(H,24,27,28,32)/t22-/m0/s1. The fraction of sp³-hybridized carbons (Fsp3) is 0.364. The second-order valence-corrected chi connectivity index (χ2v) is 9.24. The second-order valence-electron chi connectivity index (χ2n) is 8.46. The number of rotatable bonds is 5. The Hall–Kier alpha value is -3.47. The first-order valence-electron chi connectivity index (χ1n) is 10.6. The lowest BCUT2D eigenvalue weighted by molar-refractivity contribution is 0.0697. The van der Waals surface area contributed by atoms with E-state index in [1.54, 1.807) is 17.9 Å². The van der Waals surface area contributed by atoms with Crippen LogP contribution in [0.1, 0.15) is 57.5 Å². The Labute approximate surface area is 192 Å². The Balaban J connectivity index is 1.43. The number of amides is 2. The number of benzene rings is 1. The molecule has 11 heteroatoms. The summed E-state index contributed by atoms with van der Waals surface area (Å²) in [6, 6.07) is 4.59. The minimum atomic E-state index is -1.22. The number of carboxylic acid groups (broad SMARTS) is 1. The van der Waals surface area contributed by atoms with Crippen LogP contribution in [0.3, 0.4) is 0 Å². The molecule has 1 aliphatic carbocycles. The molecule has 0 unspecified atom stereocenters. The van der Waals surface area contributed by atoms with Crippen LogP contribution in [0.15, 0.2) is 30.7 Å². The van der Waals surface area contributed by atoms with Gasteiger partial charge in [-0.1, -0.05) is 12.1 Å². The highest BCUT2D eigenvalue weighted by Gasteiger charge is 2.45. The molecule has 5 rings (SSSR count). The van der Waals surface area contributed by atoms with Crippen molar-refractivity contribution < 1.29 is 19.1 Å². The smallest absolute Gasteiger partial charge is 0.341 e. The van der Waals surface area contributed by atoms with Gasteiger partial charge in [-0.05, 0) is 54.9 Å². The molecule has 2 amide bonds. The second kappa shape index (κ2) is 8.14. The van der Waals surface area contributed by atoms with Crippen molar-refractivity contribution in [1.29, 1.82) is 0 Å². The van der Waals surface area contributed by atoms with E-state index in [0.717, 1.165) is 18.4 Å². The van der Waals surface area contributed by atoms with Crippen LogP contribution >= 0.6 is 11.5 Å². The molecule has 1 saturated carbocycles. The maximum absolute atomic E-state index is 14.4. The quantitative estimate of drug-likeness (QED) is 0.587. The van der Waals surface area contributed by atoms with E-state index < -0.39 is 17.4 Å². The van der Waals surface area contributed by atoms with Gasteiger partial charge in [0.05, 0.1) is 5.41 Å². The molecule has 1 aromatic carbocycles. The molecule has 170 valence electrons. The summed E-state index contributed by atoms with van der Waals surface area (Å²) in [5, 5.41) is 12.9. The summed E-state index contributed by atoms with van der Waals surface area (Å²) in [6.45, 7) is 2.33. The molecule has 3 aromatic rings. The summed E-state index contributed by atoms with van der Waals surface area (Å²) < 4.78 is 18.5. The van der Waals surface area contributed by atoms with Gasteiger partial charge in [-0.25, -0.2) is 28.9 Å². The molecule has 3 heterocycles. The first-order chi connectivity index (χ1) is 15.9.